The molecule has 0 unspecified atom stereocenters. The number of anilines is 1. The van der Waals surface area contributed by atoms with E-state index in [4.69, 9.17) is 5.84 Å². The van der Waals surface area contributed by atoms with Gasteiger partial charge in [0.25, 0.3) is 0 Å². The van der Waals surface area contributed by atoms with Gasteiger partial charge < -0.3 is 4.90 Å². The second-order valence-electron chi connectivity index (χ2n) is 4.44. The summed E-state index contributed by atoms with van der Waals surface area (Å²) in [6, 6.07) is 6.63. The van der Waals surface area contributed by atoms with Crippen LogP contribution in [0.2, 0.25) is 0 Å². The van der Waals surface area contributed by atoms with Crippen molar-refractivity contribution in [2.45, 2.75) is 32.6 Å². The fourth-order valence-electron chi connectivity index (χ4n) is 1.98. The molecule has 0 saturated carbocycles. The lowest BCUT2D eigenvalue weighted by molar-refractivity contribution is -0.121. The molecule has 1 aromatic carbocycles. The minimum Gasteiger partial charge on any atom is -0.372 e. The van der Waals surface area contributed by atoms with Crippen LogP contribution in [0.3, 0.4) is 0 Å². The van der Waals surface area contributed by atoms with E-state index in [9.17, 15) is 9.18 Å². The maximum atomic E-state index is 13.2. The van der Waals surface area contributed by atoms with Crippen LogP contribution in [0.1, 0.15) is 32.6 Å². The van der Waals surface area contributed by atoms with E-state index in [0.717, 1.165) is 38.0 Å². The average molecular weight is 267 g/mol. The second kappa shape index (κ2) is 8.48. The predicted molar refractivity (Wildman–Crippen MR) is 75.1 cm³/mol. The van der Waals surface area contributed by atoms with E-state index < -0.39 is 0 Å². The molecule has 1 amide bonds. The van der Waals surface area contributed by atoms with Crippen LogP contribution in [0.5, 0.6) is 0 Å². The van der Waals surface area contributed by atoms with Crippen LogP contribution in [0, 0.1) is 5.82 Å². The monoisotopic (exact) mass is 267 g/mol. The molecule has 0 radical (unpaired) electrons. The summed E-state index contributed by atoms with van der Waals surface area (Å²) in [4.78, 5) is 13.1. The first-order chi connectivity index (χ1) is 9.17. The fourth-order valence-corrected chi connectivity index (χ4v) is 1.98. The largest absolute Gasteiger partial charge is 0.372 e. The highest BCUT2D eigenvalue weighted by molar-refractivity contribution is 5.75. The van der Waals surface area contributed by atoms with Crippen LogP contribution in [0.15, 0.2) is 24.3 Å². The van der Waals surface area contributed by atoms with Crippen molar-refractivity contribution in [1.82, 2.24) is 5.43 Å². The number of rotatable bonds is 8. The van der Waals surface area contributed by atoms with Gasteiger partial charge in [-0.1, -0.05) is 12.5 Å². The summed E-state index contributed by atoms with van der Waals surface area (Å²) in [6.07, 6.45) is 3.22. The number of hydrogen-bond acceptors (Lipinski definition) is 3. The molecule has 0 aliphatic heterocycles. The number of unbranched alkanes of at least 4 members (excludes halogenated alkanes) is 2. The lowest BCUT2D eigenvalue weighted by Gasteiger charge is -2.23. The number of nitrogens with one attached hydrogen (secondary N) is 1. The van der Waals surface area contributed by atoms with Crippen LogP contribution >= 0.6 is 0 Å². The van der Waals surface area contributed by atoms with Gasteiger partial charge in [0.1, 0.15) is 5.82 Å². The maximum absolute atomic E-state index is 13.2. The highest BCUT2D eigenvalue weighted by Crippen LogP contribution is 2.16. The van der Waals surface area contributed by atoms with E-state index in [1.807, 2.05) is 13.0 Å². The molecule has 4 nitrogen and oxygen atoms in total. The zero-order valence-corrected chi connectivity index (χ0v) is 11.4. The topological polar surface area (TPSA) is 58.4 Å². The molecule has 1 rings (SSSR count). The summed E-state index contributed by atoms with van der Waals surface area (Å²) in [5.41, 5.74) is 3.02. The van der Waals surface area contributed by atoms with Gasteiger partial charge in [-0.05, 0) is 38.0 Å². The molecular weight excluding hydrogens is 245 g/mol. The Morgan fingerprint density at radius 3 is 2.79 bits per heavy atom. The molecular formula is C14H22FN3O. The molecule has 3 N–H and O–H groups in total. The zero-order chi connectivity index (χ0) is 14.1. The minimum absolute atomic E-state index is 0.127. The van der Waals surface area contributed by atoms with E-state index in [-0.39, 0.29) is 11.7 Å². The SMILES string of the molecule is CCN(CCCCCC(=O)NN)c1cccc(F)c1. The van der Waals surface area contributed by atoms with E-state index in [1.165, 1.54) is 6.07 Å². The number of hydrazine groups is 1. The third-order valence-electron chi connectivity index (χ3n) is 3.05. The molecule has 0 aromatic heterocycles. The second-order valence-corrected chi connectivity index (χ2v) is 4.44. The van der Waals surface area contributed by atoms with E-state index in [1.54, 1.807) is 12.1 Å². The van der Waals surface area contributed by atoms with Crippen molar-refractivity contribution in [2.75, 3.05) is 18.0 Å². The highest BCUT2D eigenvalue weighted by Gasteiger charge is 2.05. The van der Waals surface area contributed by atoms with Gasteiger partial charge in [0.05, 0.1) is 0 Å². The Morgan fingerprint density at radius 1 is 1.37 bits per heavy atom. The van der Waals surface area contributed by atoms with Crippen LogP contribution in [0.4, 0.5) is 10.1 Å². The number of nitrogens with two attached hydrogens (primary N) is 1. The van der Waals surface area contributed by atoms with Gasteiger partial charge >= 0.3 is 0 Å². The number of carbonyl (C=O) groups excluding carboxylic acids is 1. The molecule has 0 saturated heterocycles. The van der Waals surface area contributed by atoms with Crippen molar-refractivity contribution in [1.29, 1.82) is 0 Å². The summed E-state index contributed by atoms with van der Waals surface area (Å²) in [7, 11) is 0. The lowest BCUT2D eigenvalue weighted by Crippen LogP contribution is -2.29. The molecule has 0 aliphatic rings. The summed E-state index contributed by atoms with van der Waals surface area (Å²) >= 11 is 0. The van der Waals surface area contributed by atoms with E-state index in [0.29, 0.717) is 6.42 Å². The van der Waals surface area contributed by atoms with Gasteiger partial charge in [0, 0.05) is 25.2 Å². The molecule has 0 spiro atoms. The minimum atomic E-state index is -0.212. The normalized spacial score (nSPS) is 10.3. The first-order valence-electron chi connectivity index (χ1n) is 6.67. The number of benzene rings is 1. The summed E-state index contributed by atoms with van der Waals surface area (Å²) in [5.74, 6) is 4.66. The third-order valence-corrected chi connectivity index (χ3v) is 3.05. The van der Waals surface area contributed by atoms with Gasteiger partial charge in [0.15, 0.2) is 0 Å². The van der Waals surface area contributed by atoms with Crippen molar-refractivity contribution >= 4 is 11.6 Å². The lowest BCUT2D eigenvalue weighted by atomic mass is 10.1. The molecule has 106 valence electrons. The van der Waals surface area contributed by atoms with Gasteiger partial charge in [-0.2, -0.15) is 0 Å². The summed E-state index contributed by atoms with van der Waals surface area (Å²) in [6.45, 7) is 3.75. The quantitative estimate of drug-likeness (QED) is 0.328. The van der Waals surface area contributed by atoms with Crippen molar-refractivity contribution in [3.63, 3.8) is 0 Å². The molecule has 0 atom stereocenters. The van der Waals surface area contributed by atoms with Crippen LogP contribution in [-0.4, -0.2) is 19.0 Å². The Morgan fingerprint density at radius 2 is 2.16 bits per heavy atom. The molecule has 0 fully saturated rings. The Hall–Kier alpha value is -1.62. The first kappa shape index (κ1) is 15.4. The average Bonchev–Trinajstić information content (AvgIpc) is 2.42. The summed E-state index contributed by atoms with van der Waals surface area (Å²) < 4.78 is 13.2. The van der Waals surface area contributed by atoms with E-state index >= 15 is 0 Å². The number of halogens is 1. The van der Waals surface area contributed by atoms with Gasteiger partial charge in [-0.15, -0.1) is 0 Å². The molecule has 0 bridgehead atoms. The predicted octanol–water partition coefficient (Wildman–Crippen LogP) is 2.20. The van der Waals surface area contributed by atoms with Crippen molar-refractivity contribution < 1.29 is 9.18 Å². The van der Waals surface area contributed by atoms with Gasteiger partial charge in [-0.25, -0.2) is 10.2 Å². The van der Waals surface area contributed by atoms with Gasteiger partial charge in [0.2, 0.25) is 5.91 Å². The fraction of sp³-hybridized carbons (Fsp3) is 0.500. The molecule has 1 aromatic rings. The Labute approximate surface area is 113 Å². The molecule has 5 heteroatoms. The van der Waals surface area contributed by atoms with Crippen LogP contribution in [-0.2, 0) is 4.79 Å². The number of nitrogens with zero attached hydrogens (tertiary/aromatic N) is 1. The van der Waals surface area contributed by atoms with Crippen molar-refractivity contribution in [3.8, 4) is 0 Å². The highest BCUT2D eigenvalue weighted by atomic mass is 19.1. The smallest absolute Gasteiger partial charge is 0.233 e. The van der Waals surface area contributed by atoms with Crippen LogP contribution < -0.4 is 16.2 Å². The number of hydrogen-bond donors (Lipinski definition) is 2. The molecule has 0 aliphatic carbocycles. The Kier molecular flexibility index (Phi) is 6.89. The van der Waals surface area contributed by atoms with Crippen LogP contribution in [0.25, 0.3) is 0 Å². The summed E-state index contributed by atoms with van der Waals surface area (Å²) in [5, 5.41) is 0. The third kappa shape index (κ3) is 5.70. The zero-order valence-electron chi connectivity index (χ0n) is 11.4. The van der Waals surface area contributed by atoms with Crippen molar-refractivity contribution in [2.24, 2.45) is 5.84 Å². The standard InChI is InChI=1S/C14H22FN3O/c1-2-18(13-8-6-7-12(15)11-13)10-5-3-4-9-14(19)17-16/h6-8,11H,2-5,9-10,16H2,1H3,(H,17,19). The Balaban J connectivity index is 2.31. The number of amides is 1. The molecule has 0 heterocycles. The Bertz CT molecular complexity index is 398. The van der Waals surface area contributed by atoms with Gasteiger partial charge in [-0.3, -0.25) is 10.2 Å². The molecule has 19 heavy (non-hydrogen) atoms. The van der Waals surface area contributed by atoms with E-state index in [2.05, 4.69) is 10.3 Å². The first-order valence-corrected chi connectivity index (χ1v) is 6.67. The maximum Gasteiger partial charge on any atom is 0.233 e. The number of carbonyl (C=O) groups is 1. The van der Waals surface area contributed by atoms with Crippen molar-refractivity contribution in [3.05, 3.63) is 30.1 Å².